The highest BCUT2D eigenvalue weighted by molar-refractivity contribution is 4.96. The number of nitrogens with zero attached hydrogens (tertiary/aromatic N) is 4. The molecule has 2 heterocycles. The fourth-order valence-electron chi connectivity index (χ4n) is 3.08. The summed E-state index contributed by atoms with van der Waals surface area (Å²) in [5, 5.41) is 17.8. The van der Waals surface area contributed by atoms with Crippen molar-refractivity contribution in [2.24, 2.45) is 5.92 Å². The van der Waals surface area contributed by atoms with Gasteiger partial charge in [-0.05, 0) is 45.8 Å². The van der Waals surface area contributed by atoms with Crippen LogP contribution >= 0.6 is 0 Å². The molecule has 1 saturated heterocycles. The highest BCUT2D eigenvalue weighted by Crippen LogP contribution is 2.22. The van der Waals surface area contributed by atoms with Crippen LogP contribution in [0.25, 0.3) is 0 Å². The molecule has 1 aromatic rings. The van der Waals surface area contributed by atoms with Gasteiger partial charge in [-0.15, -0.1) is 10.2 Å². The Balaban J connectivity index is 1.75. The van der Waals surface area contributed by atoms with Gasteiger partial charge in [0.2, 0.25) is 11.8 Å². The molecule has 0 aromatic carbocycles. The molecular formula is C17H32N4O2. The van der Waals surface area contributed by atoms with Gasteiger partial charge in [0.25, 0.3) is 0 Å². The number of rotatable bonds is 6. The molecule has 0 spiro atoms. The summed E-state index contributed by atoms with van der Waals surface area (Å²) in [4.78, 5) is 4.63. The first-order chi connectivity index (χ1) is 10.7. The molecule has 1 aromatic heterocycles. The molecule has 23 heavy (non-hydrogen) atoms. The van der Waals surface area contributed by atoms with E-state index in [-0.39, 0.29) is 11.5 Å². The number of aliphatic hydroxyl groups is 1. The zero-order valence-electron chi connectivity index (χ0n) is 15.2. The fourth-order valence-corrected chi connectivity index (χ4v) is 3.08. The Hall–Kier alpha value is -0.980. The monoisotopic (exact) mass is 324 g/mol. The maximum Gasteiger partial charge on any atom is 0.230 e. The lowest BCUT2D eigenvalue weighted by Crippen LogP contribution is -2.40. The summed E-state index contributed by atoms with van der Waals surface area (Å²) in [5.74, 6) is 2.10. The topological polar surface area (TPSA) is 65.6 Å². The van der Waals surface area contributed by atoms with Crippen molar-refractivity contribution in [2.75, 3.05) is 33.2 Å². The highest BCUT2D eigenvalue weighted by Gasteiger charge is 2.24. The van der Waals surface area contributed by atoms with Crippen molar-refractivity contribution in [1.29, 1.82) is 0 Å². The van der Waals surface area contributed by atoms with E-state index >= 15 is 0 Å². The molecule has 1 fully saturated rings. The van der Waals surface area contributed by atoms with Gasteiger partial charge in [-0.2, -0.15) is 0 Å². The first-order valence-corrected chi connectivity index (χ1v) is 8.66. The molecule has 1 aliphatic rings. The number of β-amino-alcohol motifs (C(OH)–C–C–N with tert-alkyl or cyclic N) is 1. The molecule has 0 radical (unpaired) electrons. The molecule has 1 N–H and O–H groups in total. The van der Waals surface area contributed by atoms with Gasteiger partial charge in [0, 0.05) is 18.5 Å². The van der Waals surface area contributed by atoms with Crippen LogP contribution in [0.3, 0.4) is 0 Å². The quantitative estimate of drug-likeness (QED) is 0.862. The number of aliphatic hydroxyl groups excluding tert-OH is 1. The predicted octanol–water partition coefficient (Wildman–Crippen LogP) is 1.89. The molecule has 1 unspecified atom stereocenters. The smallest absolute Gasteiger partial charge is 0.230 e. The maximum atomic E-state index is 9.47. The first-order valence-electron chi connectivity index (χ1n) is 8.66. The summed E-state index contributed by atoms with van der Waals surface area (Å²) in [7, 11) is 2.11. The average molecular weight is 324 g/mol. The van der Waals surface area contributed by atoms with E-state index in [2.05, 4.69) is 47.8 Å². The van der Waals surface area contributed by atoms with E-state index in [0.717, 1.165) is 26.2 Å². The molecule has 0 saturated carbocycles. The van der Waals surface area contributed by atoms with Crippen molar-refractivity contribution >= 4 is 0 Å². The summed E-state index contributed by atoms with van der Waals surface area (Å²) in [5.41, 5.74) is -0.0967. The Morgan fingerprint density at radius 1 is 1.30 bits per heavy atom. The molecule has 6 nitrogen and oxygen atoms in total. The van der Waals surface area contributed by atoms with E-state index in [4.69, 9.17) is 4.42 Å². The lowest BCUT2D eigenvalue weighted by molar-refractivity contribution is 0.0909. The van der Waals surface area contributed by atoms with E-state index in [1.807, 2.05) is 6.92 Å². The second-order valence-corrected chi connectivity index (χ2v) is 8.04. The van der Waals surface area contributed by atoms with E-state index in [9.17, 15) is 5.11 Å². The minimum absolute atomic E-state index is 0.0967. The third kappa shape index (κ3) is 5.86. The van der Waals surface area contributed by atoms with Crippen LogP contribution in [0.5, 0.6) is 0 Å². The van der Waals surface area contributed by atoms with Crippen LogP contribution in [0.2, 0.25) is 0 Å². The Morgan fingerprint density at radius 3 is 2.48 bits per heavy atom. The Bertz CT molecular complexity index is 473. The first kappa shape index (κ1) is 18.4. The standard InChI is InChI=1S/C17H32N4O2/c1-13(22)10-21-8-6-14(7-9-21)11-20(5)12-15-18-19-16(23-15)17(2,3)4/h13-14,22H,6-12H2,1-5H3. The van der Waals surface area contributed by atoms with E-state index in [1.165, 1.54) is 12.8 Å². The predicted molar refractivity (Wildman–Crippen MR) is 90.2 cm³/mol. The van der Waals surface area contributed by atoms with E-state index in [0.29, 0.717) is 24.2 Å². The molecule has 6 heteroatoms. The molecule has 132 valence electrons. The van der Waals surface area contributed by atoms with Crippen LogP contribution in [-0.4, -0.2) is 64.4 Å². The molecule has 1 atom stereocenters. The zero-order chi connectivity index (χ0) is 17.0. The lowest BCUT2D eigenvalue weighted by atomic mass is 9.96. The third-order valence-electron chi connectivity index (χ3n) is 4.31. The average Bonchev–Trinajstić information content (AvgIpc) is 2.89. The van der Waals surface area contributed by atoms with Crippen LogP contribution in [0, 0.1) is 5.92 Å². The van der Waals surface area contributed by atoms with Crippen molar-refractivity contribution in [2.45, 2.75) is 58.6 Å². The van der Waals surface area contributed by atoms with Gasteiger partial charge in [0.15, 0.2) is 0 Å². The number of hydrogen-bond donors (Lipinski definition) is 1. The summed E-state index contributed by atoms with van der Waals surface area (Å²) >= 11 is 0. The number of hydrogen-bond acceptors (Lipinski definition) is 6. The Morgan fingerprint density at radius 2 is 1.96 bits per heavy atom. The molecular weight excluding hydrogens is 292 g/mol. The third-order valence-corrected chi connectivity index (χ3v) is 4.31. The summed E-state index contributed by atoms with van der Waals surface area (Å²) in [6, 6.07) is 0. The molecule has 0 amide bonds. The second kappa shape index (κ2) is 7.73. The van der Waals surface area contributed by atoms with Crippen molar-refractivity contribution in [3.8, 4) is 0 Å². The second-order valence-electron chi connectivity index (χ2n) is 8.04. The van der Waals surface area contributed by atoms with Gasteiger partial charge in [0.1, 0.15) is 0 Å². The van der Waals surface area contributed by atoms with Crippen LogP contribution in [0.15, 0.2) is 4.42 Å². The van der Waals surface area contributed by atoms with Crippen molar-refractivity contribution in [1.82, 2.24) is 20.0 Å². The molecule has 0 aliphatic carbocycles. The minimum Gasteiger partial charge on any atom is -0.423 e. The van der Waals surface area contributed by atoms with Crippen LogP contribution in [0.4, 0.5) is 0 Å². The van der Waals surface area contributed by atoms with Gasteiger partial charge in [-0.3, -0.25) is 4.90 Å². The van der Waals surface area contributed by atoms with Crippen molar-refractivity contribution < 1.29 is 9.52 Å². The summed E-state index contributed by atoms with van der Waals surface area (Å²) < 4.78 is 5.77. The molecule has 2 rings (SSSR count). The van der Waals surface area contributed by atoms with Crippen LogP contribution < -0.4 is 0 Å². The van der Waals surface area contributed by atoms with Gasteiger partial charge < -0.3 is 14.4 Å². The highest BCUT2D eigenvalue weighted by atomic mass is 16.4. The normalized spacial score (nSPS) is 19.4. The van der Waals surface area contributed by atoms with Crippen molar-refractivity contribution in [3.05, 3.63) is 11.8 Å². The van der Waals surface area contributed by atoms with Crippen LogP contribution in [-0.2, 0) is 12.0 Å². The summed E-state index contributed by atoms with van der Waals surface area (Å²) in [6.45, 7) is 12.8. The number of likely N-dealkylation sites (tertiary alicyclic amines) is 1. The minimum atomic E-state index is -0.233. The number of aromatic nitrogens is 2. The lowest BCUT2D eigenvalue weighted by Gasteiger charge is -2.34. The van der Waals surface area contributed by atoms with Gasteiger partial charge >= 0.3 is 0 Å². The van der Waals surface area contributed by atoms with Crippen molar-refractivity contribution in [3.63, 3.8) is 0 Å². The Kier molecular flexibility index (Phi) is 6.17. The summed E-state index contributed by atoms with van der Waals surface area (Å²) in [6.07, 6.45) is 2.14. The van der Waals surface area contributed by atoms with Gasteiger partial charge in [0.05, 0.1) is 12.6 Å². The maximum absolute atomic E-state index is 9.47. The van der Waals surface area contributed by atoms with Gasteiger partial charge in [-0.1, -0.05) is 20.8 Å². The Labute approximate surface area is 139 Å². The fraction of sp³-hybridized carbons (Fsp3) is 0.882. The van der Waals surface area contributed by atoms with E-state index in [1.54, 1.807) is 0 Å². The van der Waals surface area contributed by atoms with Crippen LogP contribution in [0.1, 0.15) is 52.3 Å². The SMILES string of the molecule is CC(O)CN1CCC(CN(C)Cc2nnc(C(C)(C)C)o2)CC1. The number of piperidine rings is 1. The van der Waals surface area contributed by atoms with E-state index < -0.39 is 0 Å². The largest absolute Gasteiger partial charge is 0.423 e. The van der Waals surface area contributed by atoms with Gasteiger partial charge in [-0.25, -0.2) is 0 Å². The molecule has 0 bridgehead atoms. The zero-order valence-corrected chi connectivity index (χ0v) is 15.2. The molecule has 1 aliphatic heterocycles.